The summed E-state index contributed by atoms with van der Waals surface area (Å²) in [6, 6.07) is 18.0. The van der Waals surface area contributed by atoms with Gasteiger partial charge in [0.25, 0.3) is 0 Å². The molecule has 3 aromatic rings. The largest absolute Gasteiger partial charge is 0.456 e. The van der Waals surface area contributed by atoms with Gasteiger partial charge in [0.05, 0.1) is 11.1 Å². The number of benzene rings is 3. The molecule has 37 heavy (non-hydrogen) atoms. The fourth-order valence-corrected chi connectivity index (χ4v) is 3.51. The van der Waals surface area contributed by atoms with Gasteiger partial charge in [-0.25, -0.2) is 9.59 Å². The quantitative estimate of drug-likeness (QED) is 0.294. The van der Waals surface area contributed by atoms with E-state index in [-0.39, 0.29) is 23.8 Å². The second-order valence-electron chi connectivity index (χ2n) is 9.30. The van der Waals surface area contributed by atoms with Gasteiger partial charge < -0.3 is 19.9 Å². The van der Waals surface area contributed by atoms with Crippen LogP contribution < -0.4 is 15.2 Å². The van der Waals surface area contributed by atoms with Crippen LogP contribution in [0.5, 0.6) is 11.5 Å². The first-order valence-corrected chi connectivity index (χ1v) is 12.3. The Morgan fingerprint density at radius 2 is 1.24 bits per heavy atom. The van der Waals surface area contributed by atoms with Gasteiger partial charge in [-0.15, -0.1) is 0 Å². The standard InChI is InChI=1S/C30H33NO6/c1-6-26(32)37-28(27(31)18(2)3)23-15-16-24(35-29(33)21-11-7-19(4)8-12-21)25(17-23)36-30(34)22-13-9-20(5)10-14-22/h7-18,27-28H,6,31H2,1-5H3. The lowest BCUT2D eigenvalue weighted by Crippen LogP contribution is -2.36. The maximum absolute atomic E-state index is 12.9. The topological polar surface area (TPSA) is 105 Å². The van der Waals surface area contributed by atoms with Crippen molar-refractivity contribution in [2.45, 2.75) is 53.2 Å². The van der Waals surface area contributed by atoms with Gasteiger partial charge in [0, 0.05) is 12.5 Å². The van der Waals surface area contributed by atoms with Gasteiger partial charge in [0.15, 0.2) is 11.5 Å². The van der Waals surface area contributed by atoms with E-state index >= 15 is 0 Å². The van der Waals surface area contributed by atoms with Gasteiger partial charge in [0.2, 0.25) is 0 Å². The highest BCUT2D eigenvalue weighted by atomic mass is 16.6. The number of nitrogens with two attached hydrogens (primary N) is 1. The van der Waals surface area contributed by atoms with E-state index in [0.29, 0.717) is 16.7 Å². The van der Waals surface area contributed by atoms with Crippen LogP contribution in [0.3, 0.4) is 0 Å². The molecule has 7 heteroatoms. The zero-order chi connectivity index (χ0) is 27.1. The molecule has 0 heterocycles. The predicted molar refractivity (Wildman–Crippen MR) is 141 cm³/mol. The molecule has 0 aliphatic carbocycles. The number of hydrogen-bond donors (Lipinski definition) is 1. The lowest BCUT2D eigenvalue weighted by molar-refractivity contribution is -0.150. The Bertz CT molecular complexity index is 1250. The SMILES string of the molecule is CCC(=O)OC(c1ccc(OC(=O)c2ccc(C)cc2)c(OC(=O)c2ccc(C)cc2)c1)C(N)C(C)C. The lowest BCUT2D eigenvalue weighted by Gasteiger charge is -2.27. The van der Waals surface area contributed by atoms with Gasteiger partial charge in [-0.05, 0) is 61.7 Å². The minimum atomic E-state index is -0.786. The maximum atomic E-state index is 12.9. The van der Waals surface area contributed by atoms with Crippen LogP contribution in [0, 0.1) is 19.8 Å². The summed E-state index contributed by atoms with van der Waals surface area (Å²) in [4.78, 5) is 37.9. The van der Waals surface area contributed by atoms with Crippen LogP contribution in [0.25, 0.3) is 0 Å². The number of esters is 3. The summed E-state index contributed by atoms with van der Waals surface area (Å²) in [5, 5.41) is 0. The molecular formula is C30H33NO6. The van der Waals surface area contributed by atoms with E-state index in [9.17, 15) is 14.4 Å². The van der Waals surface area contributed by atoms with E-state index in [1.54, 1.807) is 61.5 Å². The first-order chi connectivity index (χ1) is 17.6. The Hall–Kier alpha value is -3.97. The molecule has 2 atom stereocenters. The third kappa shape index (κ3) is 7.27. The molecule has 194 valence electrons. The average molecular weight is 504 g/mol. The zero-order valence-corrected chi connectivity index (χ0v) is 21.8. The highest BCUT2D eigenvalue weighted by Gasteiger charge is 2.28. The third-order valence-electron chi connectivity index (χ3n) is 5.94. The van der Waals surface area contributed by atoms with Crippen molar-refractivity contribution in [1.82, 2.24) is 0 Å². The molecule has 7 nitrogen and oxygen atoms in total. The number of rotatable bonds is 9. The average Bonchev–Trinajstić information content (AvgIpc) is 2.88. The van der Waals surface area contributed by atoms with E-state index < -0.39 is 30.1 Å². The monoisotopic (exact) mass is 503 g/mol. The second-order valence-corrected chi connectivity index (χ2v) is 9.30. The lowest BCUT2D eigenvalue weighted by atomic mass is 9.93. The van der Waals surface area contributed by atoms with Gasteiger partial charge in [-0.3, -0.25) is 4.79 Å². The molecule has 3 rings (SSSR count). The summed E-state index contributed by atoms with van der Waals surface area (Å²) in [6.45, 7) is 9.38. The molecule has 0 spiro atoms. The van der Waals surface area contributed by atoms with E-state index in [1.807, 2.05) is 27.7 Å². The summed E-state index contributed by atoms with van der Waals surface area (Å²) < 4.78 is 17.0. The number of aryl methyl sites for hydroxylation is 2. The van der Waals surface area contributed by atoms with Crippen molar-refractivity contribution in [3.63, 3.8) is 0 Å². The van der Waals surface area contributed by atoms with E-state index in [1.165, 1.54) is 12.1 Å². The molecule has 2 unspecified atom stereocenters. The first kappa shape index (κ1) is 27.6. The maximum Gasteiger partial charge on any atom is 0.343 e. The molecular weight excluding hydrogens is 470 g/mol. The van der Waals surface area contributed by atoms with Gasteiger partial charge in [0.1, 0.15) is 6.10 Å². The van der Waals surface area contributed by atoms with E-state index in [4.69, 9.17) is 19.9 Å². The minimum Gasteiger partial charge on any atom is -0.456 e. The smallest absolute Gasteiger partial charge is 0.343 e. The molecule has 3 aromatic carbocycles. The molecule has 0 aliphatic rings. The van der Waals surface area contributed by atoms with Crippen molar-refractivity contribution >= 4 is 17.9 Å². The molecule has 2 N–H and O–H groups in total. The van der Waals surface area contributed by atoms with E-state index in [0.717, 1.165) is 11.1 Å². The van der Waals surface area contributed by atoms with Gasteiger partial charge in [-0.2, -0.15) is 0 Å². The van der Waals surface area contributed by atoms with Crippen molar-refractivity contribution in [2.75, 3.05) is 0 Å². The zero-order valence-electron chi connectivity index (χ0n) is 21.8. The normalized spacial score (nSPS) is 12.5. The molecule has 0 saturated carbocycles. The molecule has 0 fully saturated rings. The van der Waals surface area contributed by atoms with E-state index in [2.05, 4.69) is 0 Å². The highest BCUT2D eigenvalue weighted by molar-refractivity contribution is 5.93. The highest BCUT2D eigenvalue weighted by Crippen LogP contribution is 2.35. The number of carbonyl (C=O) groups excluding carboxylic acids is 3. The second kappa shape index (κ2) is 12.3. The number of hydrogen-bond acceptors (Lipinski definition) is 7. The number of carbonyl (C=O) groups is 3. The van der Waals surface area contributed by atoms with Crippen LogP contribution in [-0.2, 0) is 9.53 Å². The number of ether oxygens (including phenoxy) is 3. The van der Waals surface area contributed by atoms with Gasteiger partial charge >= 0.3 is 17.9 Å². The van der Waals surface area contributed by atoms with Crippen molar-refractivity contribution in [1.29, 1.82) is 0 Å². The molecule has 0 bridgehead atoms. The van der Waals surface area contributed by atoms with Crippen LogP contribution in [-0.4, -0.2) is 23.9 Å². The molecule has 0 radical (unpaired) electrons. The molecule has 0 aliphatic heterocycles. The van der Waals surface area contributed by atoms with Crippen LogP contribution in [0.1, 0.15) is 70.7 Å². The first-order valence-electron chi connectivity index (χ1n) is 12.3. The minimum absolute atomic E-state index is 0.00717. The van der Waals surface area contributed by atoms with Crippen LogP contribution >= 0.6 is 0 Å². The molecule has 0 aromatic heterocycles. The fraction of sp³-hybridized carbons (Fsp3) is 0.300. The third-order valence-corrected chi connectivity index (χ3v) is 5.94. The summed E-state index contributed by atoms with van der Waals surface area (Å²) in [5.41, 5.74) is 9.59. The Balaban J connectivity index is 2.00. The predicted octanol–water partition coefficient (Wildman–Crippen LogP) is 5.72. The van der Waals surface area contributed by atoms with Crippen LogP contribution in [0.15, 0.2) is 66.7 Å². The molecule has 0 saturated heterocycles. The fourth-order valence-electron chi connectivity index (χ4n) is 3.51. The van der Waals surface area contributed by atoms with Crippen molar-refractivity contribution < 1.29 is 28.6 Å². The van der Waals surface area contributed by atoms with Crippen LogP contribution in [0.4, 0.5) is 0 Å². The van der Waals surface area contributed by atoms with Crippen molar-refractivity contribution in [2.24, 2.45) is 11.7 Å². The molecule has 0 amide bonds. The summed E-state index contributed by atoms with van der Waals surface area (Å²) in [5.74, 6) is -1.58. The van der Waals surface area contributed by atoms with Crippen LogP contribution in [0.2, 0.25) is 0 Å². The summed E-state index contributed by atoms with van der Waals surface area (Å²) in [6.07, 6.45) is -0.603. The van der Waals surface area contributed by atoms with Crippen molar-refractivity contribution in [3.8, 4) is 11.5 Å². The Morgan fingerprint density at radius 1 is 0.757 bits per heavy atom. The Kier molecular flexibility index (Phi) is 9.20. The van der Waals surface area contributed by atoms with Gasteiger partial charge in [-0.1, -0.05) is 62.2 Å². The summed E-state index contributed by atoms with van der Waals surface area (Å²) in [7, 11) is 0. The van der Waals surface area contributed by atoms with Crippen molar-refractivity contribution in [3.05, 3.63) is 94.5 Å². The summed E-state index contributed by atoms with van der Waals surface area (Å²) >= 11 is 0. The Morgan fingerprint density at radius 3 is 1.70 bits per heavy atom. The Labute approximate surface area is 217 Å².